The number of hydrogen-bond acceptors (Lipinski definition) is 5. The maximum atomic E-state index is 12.6. The highest BCUT2D eigenvalue weighted by atomic mass is 79.9. The Bertz CT molecular complexity index is 891. The minimum Gasteiger partial charge on any atom is -0.494 e. The van der Waals surface area contributed by atoms with Crippen LogP contribution in [0.5, 0.6) is 5.75 Å². The van der Waals surface area contributed by atoms with Crippen molar-refractivity contribution in [2.45, 2.75) is 19.9 Å². The van der Waals surface area contributed by atoms with E-state index in [1.807, 2.05) is 55.1 Å². The molecular weight excluding hydrogens is 432 g/mol. The highest BCUT2D eigenvalue weighted by Crippen LogP contribution is 2.32. The number of thiophene rings is 1. The van der Waals surface area contributed by atoms with E-state index in [1.165, 1.54) is 0 Å². The topological polar surface area (TPSA) is 42.4 Å². The van der Waals surface area contributed by atoms with Crippen molar-refractivity contribution in [3.63, 3.8) is 0 Å². The predicted molar refractivity (Wildman–Crippen MR) is 111 cm³/mol. The summed E-state index contributed by atoms with van der Waals surface area (Å²) >= 11 is 6.67. The number of benzene rings is 1. The average Bonchev–Trinajstić information content (AvgIpc) is 3.25. The molecule has 0 aliphatic rings. The highest BCUT2D eigenvalue weighted by molar-refractivity contribution is 9.10. The number of nitrogens with zero attached hydrogens (tertiary/aromatic N) is 2. The number of halogens is 1. The van der Waals surface area contributed by atoms with Crippen LogP contribution in [0.2, 0.25) is 0 Å². The van der Waals surface area contributed by atoms with Crippen LogP contribution in [0, 0.1) is 0 Å². The van der Waals surface area contributed by atoms with E-state index in [2.05, 4.69) is 20.9 Å². The van der Waals surface area contributed by atoms with Crippen LogP contribution in [0.25, 0.3) is 9.88 Å². The van der Waals surface area contributed by atoms with Gasteiger partial charge in [0, 0.05) is 34.4 Å². The first-order valence-electron chi connectivity index (χ1n) is 8.20. The SMILES string of the molecule is CCOc1ccccc1CN(C)C(=O)Cc1csc(-c2cc(Br)cs2)n1. The van der Waals surface area contributed by atoms with Gasteiger partial charge in [-0.05, 0) is 35.0 Å². The molecule has 0 aliphatic heterocycles. The lowest BCUT2D eigenvalue weighted by Crippen LogP contribution is -2.28. The van der Waals surface area contributed by atoms with Crippen LogP contribution in [0.3, 0.4) is 0 Å². The van der Waals surface area contributed by atoms with Crippen molar-refractivity contribution in [3.05, 3.63) is 56.8 Å². The Hall–Kier alpha value is -1.70. The second-order valence-corrected chi connectivity index (χ2v) is 8.43. The van der Waals surface area contributed by atoms with Crippen LogP contribution < -0.4 is 4.74 Å². The molecule has 0 saturated carbocycles. The number of hydrogen-bond donors (Lipinski definition) is 0. The van der Waals surface area contributed by atoms with Gasteiger partial charge in [-0.3, -0.25) is 4.79 Å². The van der Waals surface area contributed by atoms with E-state index in [1.54, 1.807) is 27.6 Å². The standard InChI is InChI=1S/C19H19BrN2O2S2/c1-3-24-16-7-5-4-6-13(16)10-22(2)18(23)9-15-12-26-19(21-15)17-8-14(20)11-25-17/h4-8,11-12H,3,9-10H2,1-2H3. The Kier molecular flexibility index (Phi) is 6.45. The molecule has 0 spiro atoms. The van der Waals surface area contributed by atoms with Gasteiger partial charge in [-0.15, -0.1) is 22.7 Å². The monoisotopic (exact) mass is 450 g/mol. The number of carbonyl (C=O) groups is 1. The lowest BCUT2D eigenvalue weighted by molar-refractivity contribution is -0.129. The van der Waals surface area contributed by atoms with Gasteiger partial charge in [-0.25, -0.2) is 4.98 Å². The summed E-state index contributed by atoms with van der Waals surface area (Å²) in [5.41, 5.74) is 1.82. The molecular formula is C19H19BrN2O2S2. The Morgan fingerprint density at radius 1 is 1.27 bits per heavy atom. The van der Waals surface area contributed by atoms with Crippen molar-refractivity contribution in [1.82, 2.24) is 9.88 Å². The fourth-order valence-electron chi connectivity index (χ4n) is 2.49. The van der Waals surface area contributed by atoms with Crippen LogP contribution in [0.4, 0.5) is 0 Å². The molecule has 7 heteroatoms. The van der Waals surface area contributed by atoms with Gasteiger partial charge in [0.15, 0.2) is 0 Å². The van der Waals surface area contributed by atoms with Crippen LogP contribution in [-0.4, -0.2) is 29.4 Å². The lowest BCUT2D eigenvalue weighted by Gasteiger charge is -2.19. The van der Waals surface area contributed by atoms with Gasteiger partial charge in [0.2, 0.25) is 5.91 Å². The third kappa shape index (κ3) is 4.72. The number of likely N-dealkylation sites (N-methyl/N-ethyl adjacent to an activating group) is 1. The van der Waals surface area contributed by atoms with Crippen molar-refractivity contribution in [3.8, 4) is 15.6 Å². The number of amides is 1. The Morgan fingerprint density at radius 2 is 2.08 bits per heavy atom. The largest absolute Gasteiger partial charge is 0.494 e. The van der Waals surface area contributed by atoms with E-state index in [4.69, 9.17) is 4.74 Å². The van der Waals surface area contributed by atoms with Crippen molar-refractivity contribution in [1.29, 1.82) is 0 Å². The Balaban J connectivity index is 1.64. The molecule has 1 amide bonds. The van der Waals surface area contributed by atoms with Gasteiger partial charge < -0.3 is 9.64 Å². The summed E-state index contributed by atoms with van der Waals surface area (Å²) in [4.78, 5) is 20.0. The second-order valence-electron chi connectivity index (χ2n) is 5.74. The van der Waals surface area contributed by atoms with Crippen LogP contribution in [0.15, 0.2) is 45.6 Å². The number of aromatic nitrogens is 1. The first-order valence-corrected chi connectivity index (χ1v) is 10.8. The molecule has 3 aromatic rings. The Morgan fingerprint density at radius 3 is 2.81 bits per heavy atom. The summed E-state index contributed by atoms with van der Waals surface area (Å²) in [5.74, 6) is 0.870. The van der Waals surface area contributed by atoms with Gasteiger partial charge in [0.25, 0.3) is 0 Å². The summed E-state index contributed by atoms with van der Waals surface area (Å²) in [6.07, 6.45) is 0.302. The van der Waals surface area contributed by atoms with Gasteiger partial charge >= 0.3 is 0 Å². The maximum absolute atomic E-state index is 12.6. The van der Waals surface area contributed by atoms with Crippen LogP contribution in [-0.2, 0) is 17.8 Å². The number of thiazole rings is 1. The zero-order valence-electron chi connectivity index (χ0n) is 14.6. The van der Waals surface area contributed by atoms with E-state index in [-0.39, 0.29) is 5.91 Å². The molecule has 0 atom stereocenters. The minimum atomic E-state index is 0.0421. The number of rotatable bonds is 7. The summed E-state index contributed by atoms with van der Waals surface area (Å²) < 4.78 is 6.69. The molecule has 3 rings (SSSR count). The zero-order valence-corrected chi connectivity index (χ0v) is 17.8. The molecule has 4 nitrogen and oxygen atoms in total. The number of para-hydroxylation sites is 1. The second kappa shape index (κ2) is 8.79. The molecule has 0 radical (unpaired) electrons. The molecule has 2 aromatic heterocycles. The summed E-state index contributed by atoms with van der Waals surface area (Å²) in [6, 6.07) is 9.87. The summed E-state index contributed by atoms with van der Waals surface area (Å²) in [7, 11) is 1.81. The Labute approximate surface area is 169 Å². The lowest BCUT2D eigenvalue weighted by atomic mass is 10.2. The third-order valence-electron chi connectivity index (χ3n) is 3.77. The quantitative estimate of drug-likeness (QED) is 0.494. The average molecular weight is 451 g/mol. The van der Waals surface area contributed by atoms with Crippen molar-refractivity contribution in [2.24, 2.45) is 0 Å². The summed E-state index contributed by atoms with van der Waals surface area (Å²) in [5, 5.41) is 4.95. The smallest absolute Gasteiger partial charge is 0.228 e. The summed E-state index contributed by atoms with van der Waals surface area (Å²) in [6.45, 7) is 3.08. The fraction of sp³-hybridized carbons (Fsp3) is 0.263. The first-order chi connectivity index (χ1) is 12.6. The molecule has 0 N–H and O–H groups in total. The zero-order chi connectivity index (χ0) is 18.5. The number of ether oxygens (including phenoxy) is 1. The van der Waals surface area contributed by atoms with Crippen LogP contribution in [0.1, 0.15) is 18.2 Å². The van der Waals surface area contributed by atoms with E-state index in [0.717, 1.165) is 31.4 Å². The van der Waals surface area contributed by atoms with E-state index >= 15 is 0 Å². The normalized spacial score (nSPS) is 10.7. The van der Waals surface area contributed by atoms with Gasteiger partial charge in [0.1, 0.15) is 10.8 Å². The van der Waals surface area contributed by atoms with Gasteiger partial charge in [-0.1, -0.05) is 18.2 Å². The highest BCUT2D eigenvalue weighted by Gasteiger charge is 2.15. The predicted octanol–water partition coefficient (Wildman–Crippen LogP) is 5.23. The van der Waals surface area contributed by atoms with E-state index < -0.39 is 0 Å². The number of carbonyl (C=O) groups excluding carboxylic acids is 1. The molecule has 0 unspecified atom stereocenters. The van der Waals surface area contributed by atoms with Gasteiger partial charge in [0.05, 0.1) is 23.6 Å². The first kappa shape index (κ1) is 19.1. The molecule has 0 aliphatic carbocycles. The molecule has 0 fully saturated rings. The van der Waals surface area contributed by atoms with Crippen LogP contribution >= 0.6 is 38.6 Å². The molecule has 136 valence electrons. The molecule has 1 aromatic carbocycles. The molecule has 0 bridgehead atoms. The van der Waals surface area contributed by atoms with E-state index in [9.17, 15) is 4.79 Å². The molecule has 2 heterocycles. The van der Waals surface area contributed by atoms with Crippen molar-refractivity contribution in [2.75, 3.05) is 13.7 Å². The fourth-order valence-corrected chi connectivity index (χ4v) is 4.82. The van der Waals surface area contributed by atoms with E-state index in [0.29, 0.717) is 19.6 Å². The minimum absolute atomic E-state index is 0.0421. The van der Waals surface area contributed by atoms with Crippen molar-refractivity contribution < 1.29 is 9.53 Å². The molecule has 26 heavy (non-hydrogen) atoms. The maximum Gasteiger partial charge on any atom is 0.228 e. The molecule has 0 saturated heterocycles. The third-order valence-corrected chi connectivity index (χ3v) is 6.52. The van der Waals surface area contributed by atoms with Gasteiger partial charge in [-0.2, -0.15) is 0 Å². The van der Waals surface area contributed by atoms with Crippen molar-refractivity contribution >= 4 is 44.5 Å².